The molecule has 0 aromatic heterocycles. The number of nitrogens with zero attached hydrogens (tertiary/aromatic N) is 1. The molecule has 1 unspecified atom stereocenters. The number of hydrogen-bond acceptors (Lipinski definition) is 3. The Bertz CT molecular complexity index is 438. The maximum absolute atomic E-state index is 5.67. The Kier molecular flexibility index (Phi) is 12.8. The molecule has 132 valence electrons. The average Bonchev–Trinajstić information content (AvgIpc) is 2.57. The summed E-state index contributed by atoms with van der Waals surface area (Å²) in [6, 6.07) is 8.37. The lowest BCUT2D eigenvalue weighted by Crippen LogP contribution is -2.42. The summed E-state index contributed by atoms with van der Waals surface area (Å²) in [6.45, 7) is 6.49. The molecular weight excluding hydrogens is 405 g/mol. The molecule has 0 radical (unpaired) electrons. The van der Waals surface area contributed by atoms with Crippen LogP contribution in [0.25, 0.3) is 0 Å². The number of hydrogen-bond donors (Lipinski definition) is 2. The lowest BCUT2D eigenvalue weighted by atomic mass is 10.2. The van der Waals surface area contributed by atoms with Gasteiger partial charge < -0.3 is 20.1 Å². The maximum Gasteiger partial charge on any atom is 0.191 e. The summed E-state index contributed by atoms with van der Waals surface area (Å²) >= 11 is 0. The standard InChI is InChI=1S/C17H29N3O2.HI/c1-5-14(2)20-17(18-3)19-11-6-12-22-13-15-7-9-16(21-4)10-8-15;/h7-10,14H,5-6,11-13H2,1-4H3,(H2,18,19,20);1H. The molecule has 2 N–H and O–H groups in total. The number of nitrogens with one attached hydrogen (secondary N) is 2. The van der Waals surface area contributed by atoms with Crippen molar-refractivity contribution in [1.82, 2.24) is 10.6 Å². The van der Waals surface area contributed by atoms with Crippen molar-refractivity contribution in [2.24, 2.45) is 4.99 Å². The first kappa shape index (κ1) is 22.0. The third-order valence-corrected chi connectivity index (χ3v) is 3.40. The number of rotatable bonds is 9. The second kappa shape index (κ2) is 13.4. The minimum atomic E-state index is 0. The molecule has 6 heteroatoms. The molecule has 1 atom stereocenters. The number of halogens is 1. The fourth-order valence-corrected chi connectivity index (χ4v) is 1.82. The summed E-state index contributed by atoms with van der Waals surface area (Å²) in [4.78, 5) is 4.20. The lowest BCUT2D eigenvalue weighted by molar-refractivity contribution is 0.119. The van der Waals surface area contributed by atoms with Crippen LogP contribution in [0.15, 0.2) is 29.3 Å². The van der Waals surface area contributed by atoms with E-state index in [1.165, 1.54) is 0 Å². The summed E-state index contributed by atoms with van der Waals surface area (Å²) in [5, 5.41) is 6.62. The van der Waals surface area contributed by atoms with Gasteiger partial charge in [0.15, 0.2) is 5.96 Å². The highest BCUT2D eigenvalue weighted by molar-refractivity contribution is 14.0. The summed E-state index contributed by atoms with van der Waals surface area (Å²) in [7, 11) is 3.46. The van der Waals surface area contributed by atoms with Crippen molar-refractivity contribution < 1.29 is 9.47 Å². The molecule has 1 aromatic carbocycles. The second-order valence-electron chi connectivity index (χ2n) is 5.21. The average molecular weight is 435 g/mol. The van der Waals surface area contributed by atoms with Crippen LogP contribution in [-0.4, -0.2) is 39.3 Å². The van der Waals surface area contributed by atoms with Crippen LogP contribution >= 0.6 is 24.0 Å². The van der Waals surface area contributed by atoms with Crippen LogP contribution in [0.2, 0.25) is 0 Å². The Hall–Kier alpha value is -1.02. The zero-order valence-corrected chi connectivity index (χ0v) is 16.9. The van der Waals surface area contributed by atoms with E-state index in [1.54, 1.807) is 14.2 Å². The van der Waals surface area contributed by atoms with Crippen molar-refractivity contribution in [3.05, 3.63) is 29.8 Å². The van der Waals surface area contributed by atoms with Crippen molar-refractivity contribution in [2.45, 2.75) is 39.3 Å². The van der Waals surface area contributed by atoms with Gasteiger partial charge in [0.05, 0.1) is 13.7 Å². The monoisotopic (exact) mass is 435 g/mol. The molecule has 0 aliphatic heterocycles. The van der Waals surface area contributed by atoms with Gasteiger partial charge in [0.25, 0.3) is 0 Å². The van der Waals surface area contributed by atoms with Gasteiger partial charge in [0.2, 0.25) is 0 Å². The molecule has 0 saturated carbocycles. The summed E-state index contributed by atoms with van der Waals surface area (Å²) in [5.74, 6) is 1.72. The highest BCUT2D eigenvalue weighted by Crippen LogP contribution is 2.11. The normalized spacial score (nSPS) is 12.3. The van der Waals surface area contributed by atoms with Gasteiger partial charge in [-0.2, -0.15) is 0 Å². The van der Waals surface area contributed by atoms with E-state index in [4.69, 9.17) is 9.47 Å². The fourth-order valence-electron chi connectivity index (χ4n) is 1.82. The van der Waals surface area contributed by atoms with Crippen molar-refractivity contribution >= 4 is 29.9 Å². The smallest absolute Gasteiger partial charge is 0.191 e. The van der Waals surface area contributed by atoms with Crippen LogP contribution in [-0.2, 0) is 11.3 Å². The summed E-state index contributed by atoms with van der Waals surface area (Å²) < 4.78 is 10.8. The van der Waals surface area contributed by atoms with E-state index in [-0.39, 0.29) is 24.0 Å². The van der Waals surface area contributed by atoms with Gasteiger partial charge in [0.1, 0.15) is 5.75 Å². The molecule has 0 bridgehead atoms. The third kappa shape index (κ3) is 9.65. The number of benzene rings is 1. The molecule has 0 saturated heterocycles. The van der Waals surface area contributed by atoms with Crippen LogP contribution < -0.4 is 15.4 Å². The zero-order chi connectivity index (χ0) is 16.2. The quantitative estimate of drug-likeness (QED) is 0.271. The van der Waals surface area contributed by atoms with E-state index < -0.39 is 0 Å². The predicted molar refractivity (Wildman–Crippen MR) is 107 cm³/mol. The minimum Gasteiger partial charge on any atom is -0.497 e. The van der Waals surface area contributed by atoms with Crippen LogP contribution in [0.1, 0.15) is 32.3 Å². The molecule has 0 aliphatic rings. The Labute approximate surface area is 157 Å². The second-order valence-corrected chi connectivity index (χ2v) is 5.21. The first-order chi connectivity index (χ1) is 10.7. The van der Waals surface area contributed by atoms with E-state index in [2.05, 4.69) is 29.5 Å². The van der Waals surface area contributed by atoms with E-state index in [9.17, 15) is 0 Å². The molecule has 1 aromatic rings. The van der Waals surface area contributed by atoms with E-state index in [1.807, 2.05) is 24.3 Å². The van der Waals surface area contributed by atoms with E-state index in [0.717, 1.165) is 43.3 Å². The Morgan fingerprint density at radius 1 is 1.26 bits per heavy atom. The van der Waals surface area contributed by atoms with Gasteiger partial charge in [-0.05, 0) is 37.5 Å². The van der Waals surface area contributed by atoms with Crippen LogP contribution in [0.4, 0.5) is 0 Å². The number of aliphatic imine (C=N–C) groups is 1. The van der Waals surface area contributed by atoms with Gasteiger partial charge >= 0.3 is 0 Å². The zero-order valence-electron chi connectivity index (χ0n) is 14.6. The van der Waals surface area contributed by atoms with Crippen molar-refractivity contribution in [1.29, 1.82) is 0 Å². The molecule has 0 aliphatic carbocycles. The van der Waals surface area contributed by atoms with Gasteiger partial charge in [-0.15, -0.1) is 24.0 Å². The van der Waals surface area contributed by atoms with E-state index in [0.29, 0.717) is 12.6 Å². The topological polar surface area (TPSA) is 54.9 Å². The molecule has 0 heterocycles. The lowest BCUT2D eigenvalue weighted by Gasteiger charge is -2.16. The van der Waals surface area contributed by atoms with Crippen molar-refractivity contribution in [2.75, 3.05) is 27.3 Å². The van der Waals surface area contributed by atoms with Crippen LogP contribution in [0, 0.1) is 0 Å². The van der Waals surface area contributed by atoms with Crippen molar-refractivity contribution in [3.63, 3.8) is 0 Å². The Balaban J connectivity index is 0.00000484. The molecular formula is C17H30IN3O2. The first-order valence-corrected chi connectivity index (χ1v) is 7.87. The van der Waals surface area contributed by atoms with Crippen LogP contribution in [0.5, 0.6) is 5.75 Å². The number of methoxy groups -OCH3 is 1. The highest BCUT2D eigenvalue weighted by Gasteiger charge is 2.01. The van der Waals surface area contributed by atoms with Gasteiger partial charge in [-0.1, -0.05) is 19.1 Å². The predicted octanol–water partition coefficient (Wildman–Crippen LogP) is 3.18. The molecule has 23 heavy (non-hydrogen) atoms. The first-order valence-electron chi connectivity index (χ1n) is 7.87. The summed E-state index contributed by atoms with van der Waals surface area (Å²) in [6.07, 6.45) is 2.02. The molecule has 0 spiro atoms. The molecule has 0 amide bonds. The molecule has 0 fully saturated rings. The summed E-state index contributed by atoms with van der Waals surface area (Å²) in [5.41, 5.74) is 1.16. The van der Waals surface area contributed by atoms with Crippen LogP contribution in [0.3, 0.4) is 0 Å². The van der Waals surface area contributed by atoms with Gasteiger partial charge in [-0.25, -0.2) is 0 Å². The number of guanidine groups is 1. The van der Waals surface area contributed by atoms with Gasteiger partial charge in [0, 0.05) is 26.2 Å². The third-order valence-electron chi connectivity index (χ3n) is 3.40. The fraction of sp³-hybridized carbons (Fsp3) is 0.588. The Morgan fingerprint density at radius 3 is 2.52 bits per heavy atom. The maximum atomic E-state index is 5.67. The molecule has 5 nitrogen and oxygen atoms in total. The molecule has 1 rings (SSSR count). The van der Waals surface area contributed by atoms with Gasteiger partial charge in [-0.3, -0.25) is 4.99 Å². The Morgan fingerprint density at radius 2 is 1.96 bits per heavy atom. The SMILES string of the molecule is CCC(C)NC(=NC)NCCCOCc1ccc(OC)cc1.I. The largest absolute Gasteiger partial charge is 0.497 e. The minimum absolute atomic E-state index is 0. The number of ether oxygens (including phenoxy) is 2. The van der Waals surface area contributed by atoms with Crippen molar-refractivity contribution in [3.8, 4) is 5.75 Å². The highest BCUT2D eigenvalue weighted by atomic mass is 127. The van der Waals surface area contributed by atoms with E-state index >= 15 is 0 Å².